The lowest BCUT2D eigenvalue weighted by molar-refractivity contribution is -0.147. The van der Waals surface area contributed by atoms with Gasteiger partial charge in [0.25, 0.3) is 0 Å². The van der Waals surface area contributed by atoms with E-state index in [2.05, 4.69) is 11.8 Å². The predicted molar refractivity (Wildman–Crippen MR) is 73.1 cm³/mol. The number of hydrogen-bond acceptors (Lipinski definition) is 3. The van der Waals surface area contributed by atoms with Crippen LogP contribution < -0.4 is 0 Å². The number of aliphatic carboxylic acids is 1. The second kappa shape index (κ2) is 5.21. The van der Waals surface area contributed by atoms with Crippen LogP contribution >= 0.6 is 0 Å². The largest absolute Gasteiger partial charge is 0.508 e. The van der Waals surface area contributed by atoms with Crippen molar-refractivity contribution in [1.29, 1.82) is 0 Å². The zero-order valence-electron chi connectivity index (χ0n) is 11.5. The summed E-state index contributed by atoms with van der Waals surface area (Å²) in [6.45, 7) is 5.32. The molecule has 2 atom stereocenters. The van der Waals surface area contributed by atoms with Crippen LogP contribution in [-0.2, 0) is 4.79 Å². The Morgan fingerprint density at radius 1 is 1.42 bits per heavy atom. The molecule has 2 N–H and O–H groups in total. The molecular weight excluding hydrogens is 242 g/mol. The molecule has 2 unspecified atom stereocenters. The van der Waals surface area contributed by atoms with Gasteiger partial charge in [0.2, 0.25) is 0 Å². The zero-order valence-corrected chi connectivity index (χ0v) is 11.5. The van der Waals surface area contributed by atoms with E-state index in [1.807, 2.05) is 19.1 Å². The first-order valence-electron chi connectivity index (χ1n) is 6.72. The topological polar surface area (TPSA) is 60.8 Å². The van der Waals surface area contributed by atoms with Crippen molar-refractivity contribution >= 4 is 5.97 Å². The third-order valence-electron chi connectivity index (χ3n) is 4.12. The van der Waals surface area contributed by atoms with E-state index in [1.165, 1.54) is 0 Å². The van der Waals surface area contributed by atoms with E-state index in [4.69, 9.17) is 0 Å². The fraction of sp³-hybridized carbons (Fsp3) is 0.533. The number of carboxylic acid groups (broad SMARTS) is 1. The first kappa shape index (κ1) is 13.9. The Balaban J connectivity index is 2.16. The second-order valence-corrected chi connectivity index (χ2v) is 5.60. The van der Waals surface area contributed by atoms with Crippen LogP contribution in [0, 0.1) is 5.41 Å². The average molecular weight is 263 g/mol. The minimum absolute atomic E-state index is 0.224. The SMILES string of the molecule is CCC(c1ccc(O)cc1)N1CCC(C)(C(=O)O)C1. The molecule has 0 aromatic heterocycles. The molecule has 0 spiro atoms. The maximum Gasteiger partial charge on any atom is 0.310 e. The molecule has 0 radical (unpaired) electrons. The highest BCUT2D eigenvalue weighted by molar-refractivity contribution is 5.74. The molecule has 104 valence electrons. The molecule has 1 saturated heterocycles. The van der Waals surface area contributed by atoms with Crippen molar-refractivity contribution in [3.63, 3.8) is 0 Å². The molecule has 0 bridgehead atoms. The van der Waals surface area contributed by atoms with Crippen molar-refractivity contribution in [2.75, 3.05) is 13.1 Å². The number of benzene rings is 1. The summed E-state index contributed by atoms with van der Waals surface area (Å²) in [6, 6.07) is 7.43. The number of phenols is 1. The lowest BCUT2D eigenvalue weighted by Gasteiger charge is -2.28. The Labute approximate surface area is 113 Å². The molecule has 4 nitrogen and oxygen atoms in total. The van der Waals surface area contributed by atoms with E-state index in [0.29, 0.717) is 13.0 Å². The molecule has 0 aliphatic carbocycles. The van der Waals surface area contributed by atoms with Crippen molar-refractivity contribution in [3.8, 4) is 5.75 Å². The predicted octanol–water partition coefficient (Wildman–Crippen LogP) is 2.64. The molecule has 1 aromatic carbocycles. The molecule has 0 amide bonds. The second-order valence-electron chi connectivity index (χ2n) is 5.60. The van der Waals surface area contributed by atoms with Gasteiger partial charge in [-0.2, -0.15) is 0 Å². The molecule has 1 aliphatic rings. The maximum absolute atomic E-state index is 11.3. The van der Waals surface area contributed by atoms with E-state index >= 15 is 0 Å². The highest BCUT2D eigenvalue weighted by Crippen LogP contribution is 2.37. The summed E-state index contributed by atoms with van der Waals surface area (Å²) in [5.41, 5.74) is 0.500. The fourth-order valence-corrected chi connectivity index (χ4v) is 2.84. The first-order chi connectivity index (χ1) is 8.96. The normalized spacial score (nSPS) is 25.4. The highest BCUT2D eigenvalue weighted by atomic mass is 16.4. The first-order valence-corrected chi connectivity index (χ1v) is 6.72. The minimum Gasteiger partial charge on any atom is -0.508 e. The molecule has 1 aromatic rings. The lowest BCUT2D eigenvalue weighted by Crippen LogP contribution is -2.33. The van der Waals surface area contributed by atoms with Gasteiger partial charge in [-0.1, -0.05) is 19.1 Å². The fourth-order valence-electron chi connectivity index (χ4n) is 2.84. The number of aromatic hydroxyl groups is 1. The number of nitrogens with zero attached hydrogens (tertiary/aromatic N) is 1. The molecule has 1 aliphatic heterocycles. The van der Waals surface area contributed by atoms with Gasteiger partial charge in [0.05, 0.1) is 5.41 Å². The number of likely N-dealkylation sites (tertiary alicyclic amines) is 1. The van der Waals surface area contributed by atoms with Gasteiger partial charge in [0.1, 0.15) is 5.75 Å². The van der Waals surface area contributed by atoms with E-state index in [1.54, 1.807) is 12.1 Å². The van der Waals surface area contributed by atoms with Gasteiger partial charge in [-0.15, -0.1) is 0 Å². The number of hydrogen-bond donors (Lipinski definition) is 2. The van der Waals surface area contributed by atoms with Gasteiger partial charge in [-0.05, 0) is 44.0 Å². The van der Waals surface area contributed by atoms with Crippen LogP contribution in [0.3, 0.4) is 0 Å². The molecule has 0 saturated carbocycles. The number of rotatable bonds is 4. The quantitative estimate of drug-likeness (QED) is 0.876. The van der Waals surface area contributed by atoms with Crippen LogP contribution in [0.2, 0.25) is 0 Å². The third kappa shape index (κ3) is 2.73. The molecule has 2 rings (SSSR count). The molecule has 19 heavy (non-hydrogen) atoms. The summed E-state index contributed by atoms with van der Waals surface area (Å²) < 4.78 is 0. The van der Waals surface area contributed by atoms with Gasteiger partial charge in [-0.3, -0.25) is 9.69 Å². The lowest BCUT2D eigenvalue weighted by atomic mass is 9.90. The molecule has 4 heteroatoms. The number of carbonyl (C=O) groups is 1. The van der Waals surface area contributed by atoms with E-state index in [0.717, 1.165) is 18.5 Å². The summed E-state index contributed by atoms with van der Waals surface area (Å²) in [5.74, 6) is -0.453. The Kier molecular flexibility index (Phi) is 3.80. The van der Waals surface area contributed by atoms with Crippen LogP contribution in [0.15, 0.2) is 24.3 Å². The standard InChI is InChI=1S/C15H21NO3/c1-3-13(11-4-6-12(17)7-5-11)16-9-8-15(2,10-16)14(18)19/h4-7,13,17H,3,8-10H2,1-2H3,(H,18,19). The zero-order chi connectivity index (χ0) is 14.0. The molecule has 1 heterocycles. The monoisotopic (exact) mass is 263 g/mol. The van der Waals surface area contributed by atoms with Crippen molar-refractivity contribution < 1.29 is 15.0 Å². The molecular formula is C15H21NO3. The van der Waals surface area contributed by atoms with E-state index in [9.17, 15) is 15.0 Å². The highest BCUT2D eigenvalue weighted by Gasteiger charge is 2.42. The Morgan fingerprint density at radius 3 is 2.53 bits per heavy atom. The summed E-state index contributed by atoms with van der Waals surface area (Å²) in [5, 5.41) is 18.6. The van der Waals surface area contributed by atoms with Gasteiger partial charge in [-0.25, -0.2) is 0 Å². The number of carboxylic acids is 1. The van der Waals surface area contributed by atoms with Crippen molar-refractivity contribution in [1.82, 2.24) is 4.90 Å². The Bertz CT molecular complexity index is 457. The van der Waals surface area contributed by atoms with Gasteiger partial charge < -0.3 is 10.2 Å². The van der Waals surface area contributed by atoms with Crippen LogP contribution in [0.25, 0.3) is 0 Å². The van der Waals surface area contributed by atoms with Gasteiger partial charge in [0, 0.05) is 12.6 Å². The van der Waals surface area contributed by atoms with Crippen LogP contribution in [0.5, 0.6) is 5.75 Å². The summed E-state index contributed by atoms with van der Waals surface area (Å²) >= 11 is 0. The van der Waals surface area contributed by atoms with Crippen molar-refractivity contribution in [2.24, 2.45) is 5.41 Å². The summed E-state index contributed by atoms with van der Waals surface area (Å²) in [7, 11) is 0. The molecule has 1 fully saturated rings. The van der Waals surface area contributed by atoms with E-state index < -0.39 is 11.4 Å². The third-order valence-corrected chi connectivity index (χ3v) is 4.12. The minimum atomic E-state index is -0.712. The van der Waals surface area contributed by atoms with Crippen LogP contribution in [0.4, 0.5) is 0 Å². The van der Waals surface area contributed by atoms with Crippen LogP contribution in [0.1, 0.15) is 38.3 Å². The van der Waals surface area contributed by atoms with E-state index in [-0.39, 0.29) is 11.8 Å². The summed E-state index contributed by atoms with van der Waals surface area (Å²) in [6.07, 6.45) is 1.62. The maximum atomic E-state index is 11.3. The Morgan fingerprint density at radius 2 is 2.05 bits per heavy atom. The van der Waals surface area contributed by atoms with Gasteiger partial charge >= 0.3 is 5.97 Å². The van der Waals surface area contributed by atoms with Gasteiger partial charge in [0.15, 0.2) is 0 Å². The van der Waals surface area contributed by atoms with Crippen LogP contribution in [-0.4, -0.2) is 34.2 Å². The number of phenolic OH excluding ortho intramolecular Hbond substituents is 1. The average Bonchev–Trinajstić information content (AvgIpc) is 2.77. The van der Waals surface area contributed by atoms with Crippen molar-refractivity contribution in [3.05, 3.63) is 29.8 Å². The summed E-state index contributed by atoms with van der Waals surface area (Å²) in [4.78, 5) is 13.5. The Hall–Kier alpha value is -1.55. The van der Waals surface area contributed by atoms with Crippen molar-refractivity contribution in [2.45, 2.75) is 32.7 Å². The smallest absolute Gasteiger partial charge is 0.310 e.